The number of ether oxygens (including phenoxy) is 1. The van der Waals surface area contributed by atoms with Gasteiger partial charge in [-0.3, -0.25) is 0 Å². The molecule has 3 heterocycles. The average Bonchev–Trinajstić information content (AvgIpc) is 3.51. The van der Waals surface area contributed by atoms with E-state index >= 15 is 0 Å². The molecule has 188 valence electrons. The average molecular weight is 509 g/mol. The second kappa shape index (κ2) is 9.36. The number of morpholine rings is 1. The summed E-state index contributed by atoms with van der Waals surface area (Å²) in [6, 6.07) is 6.68. The molecule has 3 aliphatic rings. The molecule has 2 N–H and O–H groups in total. The zero-order chi connectivity index (χ0) is 24.6. The van der Waals surface area contributed by atoms with Gasteiger partial charge in [-0.05, 0) is 18.9 Å². The molecule has 0 bridgehead atoms. The lowest BCUT2D eigenvalue weighted by Crippen LogP contribution is -2.55. The Morgan fingerprint density at radius 1 is 1.11 bits per heavy atom. The molecule has 35 heavy (non-hydrogen) atoms. The first-order valence-corrected chi connectivity index (χ1v) is 13.4. The molecule has 1 saturated heterocycles. The van der Waals surface area contributed by atoms with Crippen molar-refractivity contribution in [3.05, 3.63) is 24.3 Å². The van der Waals surface area contributed by atoms with Crippen molar-refractivity contribution in [3.63, 3.8) is 0 Å². The summed E-state index contributed by atoms with van der Waals surface area (Å²) in [5, 5.41) is -0.459. The summed E-state index contributed by atoms with van der Waals surface area (Å²) >= 11 is 0. The van der Waals surface area contributed by atoms with Gasteiger partial charge in [0.25, 0.3) is 5.84 Å². The number of para-hydroxylation sites is 2. The topological polar surface area (TPSA) is 124 Å². The highest BCUT2D eigenvalue weighted by Gasteiger charge is 2.53. The van der Waals surface area contributed by atoms with Crippen LogP contribution in [-0.4, -0.2) is 79.5 Å². The highest BCUT2D eigenvalue weighted by molar-refractivity contribution is 7.92. The van der Waals surface area contributed by atoms with E-state index in [-0.39, 0.29) is 30.1 Å². The van der Waals surface area contributed by atoms with Crippen LogP contribution in [0.2, 0.25) is 0 Å². The molecule has 1 unspecified atom stereocenters. The van der Waals surface area contributed by atoms with E-state index in [2.05, 4.69) is 19.9 Å². The molecule has 2 fully saturated rings. The minimum absolute atomic E-state index is 0.0652. The maximum Gasteiger partial charge on any atom is 0.347 e. The number of halogens is 2. The Morgan fingerprint density at radius 2 is 1.83 bits per heavy atom. The van der Waals surface area contributed by atoms with Crippen LogP contribution in [0.4, 0.5) is 38.0 Å². The van der Waals surface area contributed by atoms with Gasteiger partial charge < -0.3 is 15.4 Å². The van der Waals surface area contributed by atoms with Crippen LogP contribution in [0.5, 0.6) is 0 Å². The normalized spacial score (nSPS) is 23.1. The van der Waals surface area contributed by atoms with Crippen LogP contribution in [0.15, 0.2) is 29.3 Å². The highest BCUT2D eigenvalue weighted by atomic mass is 32.2. The molecule has 2 aliphatic heterocycles. The third-order valence-electron chi connectivity index (χ3n) is 6.90. The molecule has 5 rings (SSSR count). The van der Waals surface area contributed by atoms with Crippen LogP contribution in [-0.2, 0) is 14.6 Å². The quantitative estimate of drug-likeness (QED) is 0.566. The van der Waals surface area contributed by atoms with Gasteiger partial charge in [-0.15, -0.1) is 9.97 Å². The summed E-state index contributed by atoms with van der Waals surface area (Å²) in [7, 11) is -3.53. The van der Waals surface area contributed by atoms with Gasteiger partial charge in [0.2, 0.25) is 11.9 Å². The lowest BCUT2D eigenvalue weighted by Gasteiger charge is -2.33. The second-order valence-electron chi connectivity index (χ2n) is 8.96. The molecule has 0 amide bonds. The summed E-state index contributed by atoms with van der Waals surface area (Å²) in [6.07, 6.45) is -0.0860. The number of aromatic nitrogens is 3. The largest absolute Gasteiger partial charge is 0.378 e. The molecule has 1 atom stereocenters. The number of benzene rings is 1. The number of anilines is 2. The van der Waals surface area contributed by atoms with E-state index in [4.69, 9.17) is 10.5 Å². The first-order valence-electron chi connectivity index (χ1n) is 11.7. The lowest BCUT2D eigenvalue weighted by molar-refractivity contribution is 0.122. The summed E-state index contributed by atoms with van der Waals surface area (Å²) < 4.78 is 60.1. The fourth-order valence-corrected chi connectivity index (χ4v) is 7.01. The number of alkyl halides is 2. The van der Waals surface area contributed by atoms with E-state index in [0.29, 0.717) is 50.5 Å². The Morgan fingerprint density at radius 3 is 2.54 bits per heavy atom. The number of nitrogen functional groups attached to an aromatic ring is 1. The van der Waals surface area contributed by atoms with E-state index in [1.807, 2.05) is 4.90 Å². The second-order valence-corrected chi connectivity index (χ2v) is 11.4. The molecule has 1 aromatic carbocycles. The van der Waals surface area contributed by atoms with E-state index in [9.17, 15) is 17.2 Å². The fourth-order valence-electron chi connectivity index (χ4n) is 5.10. The van der Waals surface area contributed by atoms with Gasteiger partial charge in [0.05, 0.1) is 18.5 Å². The number of hydrogen-bond donors (Lipinski definition) is 1. The predicted molar refractivity (Wildman–Crippen MR) is 129 cm³/mol. The van der Waals surface area contributed by atoms with Gasteiger partial charge in [0, 0.05) is 19.2 Å². The van der Waals surface area contributed by atoms with Gasteiger partial charge in [-0.25, -0.2) is 8.42 Å². The zero-order valence-electron chi connectivity index (χ0n) is 19.2. The van der Waals surface area contributed by atoms with Gasteiger partial charge >= 0.3 is 12.4 Å². The molecule has 13 heteroatoms. The van der Waals surface area contributed by atoms with Crippen molar-refractivity contribution in [3.8, 4) is 0 Å². The Hall–Kier alpha value is -2.77. The molecule has 1 aliphatic carbocycles. The third-order valence-corrected chi connectivity index (χ3v) is 9.14. The number of nitrogens with zero attached hydrogens (tertiary/aromatic N) is 6. The van der Waals surface area contributed by atoms with Crippen LogP contribution in [0.25, 0.3) is 0 Å². The minimum Gasteiger partial charge on any atom is -0.378 e. The van der Waals surface area contributed by atoms with E-state index in [1.54, 1.807) is 24.3 Å². The summed E-state index contributed by atoms with van der Waals surface area (Å²) in [5.74, 6) is -0.789. The number of nitrogens with two attached hydrogens (primary N) is 1. The molecule has 10 nitrogen and oxygen atoms in total. The Bertz CT molecular complexity index is 1230. The van der Waals surface area contributed by atoms with Crippen molar-refractivity contribution in [1.82, 2.24) is 19.4 Å². The zero-order valence-corrected chi connectivity index (χ0v) is 20.0. The lowest BCUT2D eigenvalue weighted by atomic mass is 10.2. The first kappa shape index (κ1) is 23.9. The molecule has 0 radical (unpaired) electrons. The van der Waals surface area contributed by atoms with Crippen LogP contribution < -0.4 is 15.1 Å². The van der Waals surface area contributed by atoms with Crippen LogP contribution in [0, 0.1) is 0 Å². The van der Waals surface area contributed by atoms with Crippen molar-refractivity contribution in [2.75, 3.05) is 49.2 Å². The summed E-state index contributed by atoms with van der Waals surface area (Å²) in [5.41, 5.74) is 6.76. The standard InChI is InChI=1S/C22H28F2N7O3S/c23-18(24)19-26-16-7-3-4-8-17(16)31(19,11-14-35(32,33)15-5-1-2-6-15)22-28-20(25)27-21(29-22)30-9-12-34-13-10-30/h3-4,7-8,15,18H,1-2,5-6,9-14H2,(H2,25,27,28,29)/q+1. The summed E-state index contributed by atoms with van der Waals surface area (Å²) in [6.45, 7) is 1.72. The first-order chi connectivity index (χ1) is 16.8. The van der Waals surface area contributed by atoms with Crippen molar-refractivity contribution >= 4 is 44.9 Å². The summed E-state index contributed by atoms with van der Waals surface area (Å²) in [4.78, 5) is 19.1. The predicted octanol–water partition coefficient (Wildman–Crippen LogP) is 2.60. The van der Waals surface area contributed by atoms with Crippen molar-refractivity contribution in [1.29, 1.82) is 0 Å². The van der Waals surface area contributed by atoms with Crippen molar-refractivity contribution in [2.24, 2.45) is 4.99 Å². The number of aliphatic imine (C=N–C) groups is 1. The maximum atomic E-state index is 14.5. The number of fused-ring (bicyclic) bond motifs is 1. The Balaban J connectivity index is 1.64. The number of hydrogen-bond acceptors (Lipinski definition) is 9. The number of rotatable bonds is 7. The van der Waals surface area contributed by atoms with Gasteiger partial charge in [0.15, 0.2) is 15.5 Å². The maximum absolute atomic E-state index is 14.5. The van der Waals surface area contributed by atoms with E-state index in [0.717, 1.165) is 12.8 Å². The van der Waals surface area contributed by atoms with Gasteiger partial charge in [0.1, 0.15) is 18.0 Å². The number of sulfone groups is 1. The van der Waals surface area contributed by atoms with Gasteiger partial charge in [-0.1, -0.05) is 25.0 Å². The third kappa shape index (κ3) is 4.36. The van der Waals surface area contributed by atoms with E-state index in [1.165, 1.54) is 0 Å². The SMILES string of the molecule is Nc1nc(N2CCOCC2)nc([N+]2(CCS(=O)(=O)C3CCCC3)C(C(F)F)=Nc3ccccc32)n1. The Labute approximate surface area is 202 Å². The smallest absolute Gasteiger partial charge is 0.347 e. The van der Waals surface area contributed by atoms with E-state index < -0.39 is 31.8 Å². The van der Waals surface area contributed by atoms with Crippen LogP contribution >= 0.6 is 0 Å². The molecular weight excluding hydrogens is 480 g/mol. The molecule has 1 saturated carbocycles. The molecule has 0 spiro atoms. The fraction of sp³-hybridized carbons (Fsp3) is 0.545. The highest BCUT2D eigenvalue weighted by Crippen LogP contribution is 2.47. The molecule has 1 aromatic heterocycles. The monoisotopic (exact) mass is 508 g/mol. The molecular formula is C22H28F2N7O3S+. The van der Waals surface area contributed by atoms with Crippen LogP contribution in [0.1, 0.15) is 25.7 Å². The van der Waals surface area contributed by atoms with Gasteiger partial charge in [-0.2, -0.15) is 23.2 Å². The molecule has 2 aromatic rings. The number of quaternary nitrogens is 1. The Kier molecular flexibility index (Phi) is 6.40. The van der Waals surface area contributed by atoms with Crippen LogP contribution in [0.3, 0.4) is 0 Å². The van der Waals surface area contributed by atoms with Crippen molar-refractivity contribution < 1.29 is 21.9 Å². The number of amidine groups is 1. The van der Waals surface area contributed by atoms with Crippen molar-refractivity contribution in [2.45, 2.75) is 37.4 Å². The minimum atomic E-state index is -3.53.